The summed E-state index contributed by atoms with van der Waals surface area (Å²) in [6.07, 6.45) is 4.83. The van der Waals surface area contributed by atoms with Gasteiger partial charge in [0.25, 0.3) is 5.56 Å². The molecule has 0 aliphatic carbocycles. The van der Waals surface area contributed by atoms with Crippen LogP contribution in [0.1, 0.15) is 18.2 Å². The van der Waals surface area contributed by atoms with E-state index in [2.05, 4.69) is 4.98 Å². The number of fused-ring (bicyclic) bond motifs is 3. The van der Waals surface area contributed by atoms with Crippen molar-refractivity contribution in [3.8, 4) is 16.9 Å². The third-order valence-electron chi connectivity index (χ3n) is 5.93. The number of aromatic nitrogens is 4. The lowest BCUT2D eigenvalue weighted by Crippen LogP contribution is -2.21. The van der Waals surface area contributed by atoms with Crippen LogP contribution in [0.2, 0.25) is 0 Å². The van der Waals surface area contributed by atoms with Crippen molar-refractivity contribution in [1.82, 2.24) is 19.2 Å². The van der Waals surface area contributed by atoms with Crippen LogP contribution < -0.4 is 10.3 Å². The van der Waals surface area contributed by atoms with Crippen molar-refractivity contribution in [1.29, 1.82) is 0 Å². The summed E-state index contributed by atoms with van der Waals surface area (Å²) in [5.41, 5.74) is 4.94. The van der Waals surface area contributed by atoms with E-state index in [9.17, 15) is 9.18 Å². The predicted octanol–water partition coefficient (Wildman–Crippen LogP) is 4.66. The highest BCUT2D eigenvalue weighted by molar-refractivity contribution is 5.86. The molecule has 0 spiro atoms. The third-order valence-corrected chi connectivity index (χ3v) is 5.93. The zero-order valence-electron chi connectivity index (χ0n) is 18.5. The van der Waals surface area contributed by atoms with Crippen molar-refractivity contribution in [3.63, 3.8) is 0 Å². The van der Waals surface area contributed by atoms with Crippen LogP contribution in [-0.4, -0.2) is 26.3 Å². The Labute approximate surface area is 189 Å². The Balaban J connectivity index is 1.54. The Kier molecular flexibility index (Phi) is 5.38. The van der Waals surface area contributed by atoms with Gasteiger partial charge < -0.3 is 9.30 Å². The van der Waals surface area contributed by atoms with Crippen LogP contribution in [0, 0.1) is 5.82 Å². The zero-order valence-corrected chi connectivity index (χ0v) is 18.5. The smallest absolute Gasteiger partial charge is 0.261 e. The molecule has 0 aliphatic heterocycles. The molecular formula is C26H23FN4O2. The monoisotopic (exact) mass is 442 g/mol. The maximum atomic E-state index is 13.4. The molecule has 0 unspecified atom stereocenters. The molecular weight excluding hydrogens is 419 g/mol. The molecule has 5 aromatic rings. The number of halogens is 1. The molecule has 166 valence electrons. The first-order valence-corrected chi connectivity index (χ1v) is 10.9. The molecule has 5 rings (SSSR count). The highest BCUT2D eigenvalue weighted by Gasteiger charge is 2.17. The second-order valence-electron chi connectivity index (χ2n) is 7.89. The summed E-state index contributed by atoms with van der Waals surface area (Å²) in [5.74, 6) is 0.518. The molecule has 3 heterocycles. The normalized spacial score (nSPS) is 11.4. The minimum absolute atomic E-state index is 0.104. The van der Waals surface area contributed by atoms with Gasteiger partial charge in [-0.05, 0) is 54.3 Å². The summed E-state index contributed by atoms with van der Waals surface area (Å²) in [7, 11) is 1.64. The highest BCUT2D eigenvalue weighted by Crippen LogP contribution is 2.29. The average Bonchev–Trinajstić information content (AvgIpc) is 3.23. The first-order chi connectivity index (χ1) is 16.1. The van der Waals surface area contributed by atoms with Crippen LogP contribution in [0.5, 0.6) is 5.75 Å². The summed E-state index contributed by atoms with van der Waals surface area (Å²) in [6.45, 7) is 2.57. The molecule has 6 nitrogen and oxygen atoms in total. The largest absolute Gasteiger partial charge is 0.497 e. The first kappa shape index (κ1) is 20.9. The van der Waals surface area contributed by atoms with Gasteiger partial charge in [-0.25, -0.2) is 13.9 Å². The molecule has 0 atom stereocenters. The first-order valence-electron chi connectivity index (χ1n) is 10.9. The lowest BCUT2D eigenvalue weighted by molar-refractivity contribution is 0.414. The molecule has 3 aromatic heterocycles. The number of nitrogens with zero attached hydrogens (tertiary/aromatic N) is 4. The van der Waals surface area contributed by atoms with Crippen LogP contribution in [0.25, 0.3) is 27.7 Å². The fourth-order valence-electron chi connectivity index (χ4n) is 4.13. The fourth-order valence-corrected chi connectivity index (χ4v) is 4.13. The van der Waals surface area contributed by atoms with Crippen molar-refractivity contribution in [2.75, 3.05) is 7.11 Å². The lowest BCUT2D eigenvalue weighted by Gasteiger charge is -2.09. The quantitative estimate of drug-likeness (QED) is 0.384. The number of aryl methyl sites for hydroxylation is 3. The minimum Gasteiger partial charge on any atom is -0.497 e. The van der Waals surface area contributed by atoms with E-state index >= 15 is 0 Å². The van der Waals surface area contributed by atoms with Crippen molar-refractivity contribution in [2.45, 2.75) is 26.3 Å². The highest BCUT2D eigenvalue weighted by atomic mass is 19.1. The molecule has 0 saturated heterocycles. The van der Waals surface area contributed by atoms with Gasteiger partial charge in [0.1, 0.15) is 11.6 Å². The molecule has 0 fully saturated rings. The molecule has 0 N–H and O–H groups in total. The maximum Gasteiger partial charge on any atom is 0.261 e. The number of pyridine rings is 1. The minimum atomic E-state index is -0.290. The van der Waals surface area contributed by atoms with Crippen molar-refractivity contribution in [3.05, 3.63) is 94.4 Å². The van der Waals surface area contributed by atoms with E-state index in [0.29, 0.717) is 29.5 Å². The summed E-state index contributed by atoms with van der Waals surface area (Å²) in [6, 6.07) is 16.1. The molecule has 7 heteroatoms. The van der Waals surface area contributed by atoms with Gasteiger partial charge in [0.05, 0.1) is 23.7 Å². The third kappa shape index (κ3) is 3.75. The van der Waals surface area contributed by atoms with Gasteiger partial charge in [0, 0.05) is 24.5 Å². The van der Waals surface area contributed by atoms with E-state index in [4.69, 9.17) is 9.84 Å². The Morgan fingerprint density at radius 2 is 1.79 bits per heavy atom. The van der Waals surface area contributed by atoms with Crippen LogP contribution >= 0.6 is 0 Å². The summed E-state index contributed by atoms with van der Waals surface area (Å²) in [5, 5.41) is 5.25. The summed E-state index contributed by atoms with van der Waals surface area (Å²) < 4.78 is 22.1. The van der Waals surface area contributed by atoms with Crippen LogP contribution in [0.4, 0.5) is 4.39 Å². The van der Waals surface area contributed by atoms with E-state index < -0.39 is 0 Å². The van der Waals surface area contributed by atoms with E-state index in [1.807, 2.05) is 37.3 Å². The number of hydrogen-bond acceptors (Lipinski definition) is 4. The molecule has 0 amide bonds. The molecule has 0 radical (unpaired) electrons. The Morgan fingerprint density at radius 3 is 2.48 bits per heavy atom. The zero-order chi connectivity index (χ0) is 22.9. The van der Waals surface area contributed by atoms with E-state index in [0.717, 1.165) is 34.6 Å². The Bertz CT molecular complexity index is 1500. The number of hydrogen-bond donors (Lipinski definition) is 0. The number of methoxy groups -OCH3 is 1. The second kappa shape index (κ2) is 8.50. The standard InChI is InChI=1S/C26H23FN4O2/c1-3-22-24(18-6-8-19(27)9-7-18)25-28-16-21-23(31(25)29-22)13-15-30(26(21)32)14-12-17-4-10-20(33-2)11-5-17/h4-11,13,15-16H,3,12,14H2,1-2H3. The van der Waals surface area contributed by atoms with Crippen LogP contribution in [0.15, 0.2) is 71.8 Å². The molecule has 0 saturated carbocycles. The predicted molar refractivity (Wildman–Crippen MR) is 126 cm³/mol. The van der Waals surface area contributed by atoms with Crippen molar-refractivity contribution >= 4 is 16.6 Å². The molecule has 2 aromatic carbocycles. The van der Waals surface area contributed by atoms with Crippen molar-refractivity contribution in [2.24, 2.45) is 0 Å². The summed E-state index contributed by atoms with van der Waals surface area (Å²) in [4.78, 5) is 17.8. The van der Waals surface area contributed by atoms with E-state index in [1.54, 1.807) is 40.7 Å². The Morgan fingerprint density at radius 1 is 1.03 bits per heavy atom. The van der Waals surface area contributed by atoms with Gasteiger partial charge in [-0.1, -0.05) is 31.2 Å². The number of ether oxygens (including phenoxy) is 1. The van der Waals surface area contributed by atoms with E-state index in [1.165, 1.54) is 12.1 Å². The topological polar surface area (TPSA) is 61.4 Å². The van der Waals surface area contributed by atoms with Gasteiger partial charge >= 0.3 is 0 Å². The van der Waals surface area contributed by atoms with Gasteiger partial charge in [-0.15, -0.1) is 0 Å². The maximum absolute atomic E-state index is 13.4. The lowest BCUT2D eigenvalue weighted by atomic mass is 10.0. The number of benzene rings is 2. The van der Waals surface area contributed by atoms with Crippen LogP contribution in [-0.2, 0) is 19.4 Å². The molecule has 33 heavy (non-hydrogen) atoms. The Hall–Kier alpha value is -4.00. The van der Waals surface area contributed by atoms with Crippen LogP contribution in [0.3, 0.4) is 0 Å². The summed E-state index contributed by atoms with van der Waals surface area (Å²) >= 11 is 0. The van der Waals surface area contributed by atoms with Gasteiger partial charge in [-0.3, -0.25) is 4.79 Å². The van der Waals surface area contributed by atoms with E-state index in [-0.39, 0.29) is 11.4 Å². The van der Waals surface area contributed by atoms with Crippen molar-refractivity contribution < 1.29 is 9.13 Å². The average molecular weight is 442 g/mol. The SMILES string of the molecule is CCc1nn2c(ncc3c(=O)n(CCc4ccc(OC)cc4)ccc32)c1-c1ccc(F)cc1. The van der Waals surface area contributed by atoms with Gasteiger partial charge in [-0.2, -0.15) is 5.10 Å². The fraction of sp³-hybridized carbons (Fsp3) is 0.192. The van der Waals surface area contributed by atoms with Gasteiger partial charge in [0.15, 0.2) is 5.65 Å². The number of rotatable bonds is 6. The second-order valence-corrected chi connectivity index (χ2v) is 7.89. The molecule has 0 bridgehead atoms. The van der Waals surface area contributed by atoms with Gasteiger partial charge in [0.2, 0.25) is 0 Å². The molecule has 0 aliphatic rings.